The molecule has 0 bridgehead atoms. The number of hydrogen-bond donors (Lipinski definition) is 1. The Morgan fingerprint density at radius 3 is 2.35 bits per heavy atom. The van der Waals surface area contributed by atoms with Crippen molar-refractivity contribution in [2.45, 2.75) is 96.0 Å². The van der Waals surface area contributed by atoms with Gasteiger partial charge in [0.25, 0.3) is 5.91 Å². The van der Waals surface area contributed by atoms with Crippen LogP contribution in [0.1, 0.15) is 83.8 Å². The van der Waals surface area contributed by atoms with Crippen molar-refractivity contribution in [1.29, 1.82) is 5.26 Å². The summed E-state index contributed by atoms with van der Waals surface area (Å²) in [6.45, 7) is 9.75. The first-order chi connectivity index (χ1) is 17.2. The number of carbonyl (C=O) groups is 1. The van der Waals surface area contributed by atoms with Crippen molar-refractivity contribution in [3.8, 4) is 6.07 Å². The van der Waals surface area contributed by atoms with Gasteiger partial charge in [-0.15, -0.1) is 0 Å². The first kappa shape index (κ1) is 29.3. The number of thiocarbonyl (C=S) groups is 1. The van der Waals surface area contributed by atoms with Gasteiger partial charge >= 0.3 is 6.18 Å². The monoisotopic (exact) mass is 538 g/mol. The van der Waals surface area contributed by atoms with Crippen LogP contribution in [0.15, 0.2) is 18.2 Å². The van der Waals surface area contributed by atoms with Crippen molar-refractivity contribution in [1.82, 2.24) is 9.80 Å². The lowest BCUT2D eigenvalue weighted by atomic mass is 9.96. The van der Waals surface area contributed by atoms with E-state index in [2.05, 4.69) is 4.90 Å². The van der Waals surface area contributed by atoms with E-state index in [0.29, 0.717) is 6.54 Å². The summed E-state index contributed by atoms with van der Waals surface area (Å²) in [5.41, 5.74) is -3.23. The summed E-state index contributed by atoms with van der Waals surface area (Å²) in [4.78, 5) is 18.5. The van der Waals surface area contributed by atoms with E-state index in [1.165, 1.54) is 6.07 Å². The van der Waals surface area contributed by atoms with Gasteiger partial charge in [0.2, 0.25) is 0 Å². The Balaban J connectivity index is 1.54. The molecule has 0 spiro atoms. The molecule has 1 N–H and O–H groups in total. The lowest BCUT2D eigenvalue weighted by Gasteiger charge is -2.33. The average Bonchev–Trinajstić information content (AvgIpc) is 3.34. The van der Waals surface area contributed by atoms with E-state index in [0.717, 1.165) is 75.1 Å². The molecule has 2 aliphatic heterocycles. The molecule has 2 saturated heterocycles. The summed E-state index contributed by atoms with van der Waals surface area (Å²) in [6.07, 6.45) is 2.36. The van der Waals surface area contributed by atoms with Gasteiger partial charge < -0.3 is 10.0 Å². The van der Waals surface area contributed by atoms with E-state index in [-0.39, 0.29) is 22.7 Å². The molecule has 204 valence electrons. The van der Waals surface area contributed by atoms with Gasteiger partial charge in [0.05, 0.1) is 28.5 Å². The van der Waals surface area contributed by atoms with Crippen LogP contribution in [0.5, 0.6) is 0 Å². The van der Waals surface area contributed by atoms with E-state index >= 15 is 0 Å². The Morgan fingerprint density at radius 2 is 1.76 bits per heavy atom. The van der Waals surface area contributed by atoms with Crippen molar-refractivity contribution in [2.75, 3.05) is 24.5 Å². The summed E-state index contributed by atoms with van der Waals surface area (Å²) in [5, 5.41) is 19.6. The number of hydrogen-bond acceptors (Lipinski definition) is 5. The normalized spacial score (nSPS) is 20.7. The predicted molar refractivity (Wildman–Crippen MR) is 141 cm³/mol. The van der Waals surface area contributed by atoms with Gasteiger partial charge in [-0.05, 0) is 96.9 Å². The lowest BCUT2D eigenvalue weighted by molar-refractivity contribution is -0.137. The van der Waals surface area contributed by atoms with Crippen LogP contribution in [0.3, 0.4) is 0 Å². The van der Waals surface area contributed by atoms with Crippen molar-refractivity contribution >= 4 is 28.9 Å². The summed E-state index contributed by atoms with van der Waals surface area (Å²) in [6, 6.07) is 5.01. The number of alkyl halides is 3. The van der Waals surface area contributed by atoms with Crippen LogP contribution in [0.4, 0.5) is 18.9 Å². The third-order valence-electron chi connectivity index (χ3n) is 7.52. The van der Waals surface area contributed by atoms with Gasteiger partial charge in [0, 0.05) is 12.6 Å². The quantitative estimate of drug-likeness (QED) is 0.315. The minimum absolute atomic E-state index is 0.0168. The molecule has 1 unspecified atom stereocenters. The average molecular weight is 539 g/mol. The molecule has 2 fully saturated rings. The standard InChI is InChI=1S/C27H37F3N4O2S/c1-25(2)23(35)34(20-13-12-19(18-31)21(17-20)27(28,29)30)24(37)33(25)16-9-7-5-6-8-14-32-15-10-11-22(32)26(3,4)36/h12-13,17,22,36H,5-11,14-16H2,1-4H3. The zero-order valence-electron chi connectivity index (χ0n) is 22.1. The molecule has 0 radical (unpaired) electrons. The number of carbonyl (C=O) groups excluding carboxylic acids is 1. The van der Waals surface area contributed by atoms with Crippen LogP contribution in [-0.2, 0) is 11.0 Å². The van der Waals surface area contributed by atoms with Crippen molar-refractivity contribution in [3.63, 3.8) is 0 Å². The Hall–Kier alpha value is -2.22. The molecule has 0 saturated carbocycles. The summed E-state index contributed by atoms with van der Waals surface area (Å²) < 4.78 is 40.4. The molecule has 10 heteroatoms. The third-order valence-corrected chi connectivity index (χ3v) is 7.92. The second kappa shape index (κ2) is 11.3. The highest BCUT2D eigenvalue weighted by molar-refractivity contribution is 7.80. The van der Waals surface area contributed by atoms with Crippen LogP contribution in [-0.4, -0.2) is 62.7 Å². The van der Waals surface area contributed by atoms with Crippen molar-refractivity contribution in [2.24, 2.45) is 0 Å². The number of rotatable bonds is 10. The van der Waals surface area contributed by atoms with Gasteiger partial charge in [-0.1, -0.05) is 19.3 Å². The van der Waals surface area contributed by atoms with Crippen molar-refractivity contribution < 1.29 is 23.1 Å². The molecular weight excluding hydrogens is 501 g/mol. The minimum Gasteiger partial charge on any atom is -0.389 e. The highest BCUT2D eigenvalue weighted by atomic mass is 32.1. The SMILES string of the molecule is CC(C)(O)C1CCCN1CCCCCCCN1C(=S)N(c2ccc(C#N)c(C(F)(F)F)c2)C(=O)C1(C)C. The molecule has 0 aliphatic carbocycles. The van der Waals surface area contributed by atoms with Gasteiger partial charge in [-0.3, -0.25) is 14.6 Å². The maximum atomic E-state index is 13.5. The molecule has 1 amide bonds. The number of halogens is 3. The van der Waals surface area contributed by atoms with E-state index in [9.17, 15) is 23.1 Å². The van der Waals surface area contributed by atoms with Crippen LogP contribution < -0.4 is 4.90 Å². The molecule has 37 heavy (non-hydrogen) atoms. The number of anilines is 1. The fourth-order valence-corrected chi connectivity index (χ4v) is 5.96. The number of nitriles is 1. The topological polar surface area (TPSA) is 70.8 Å². The maximum absolute atomic E-state index is 13.5. The molecule has 2 aliphatic rings. The minimum atomic E-state index is -4.72. The maximum Gasteiger partial charge on any atom is 0.417 e. The number of benzene rings is 1. The molecule has 6 nitrogen and oxygen atoms in total. The first-order valence-electron chi connectivity index (χ1n) is 12.9. The summed E-state index contributed by atoms with van der Waals surface area (Å²) in [5.74, 6) is -0.387. The molecule has 0 aromatic heterocycles. The second-order valence-electron chi connectivity index (χ2n) is 11.1. The molecule has 1 aromatic carbocycles. The highest BCUT2D eigenvalue weighted by Crippen LogP contribution is 2.38. The van der Waals surface area contributed by atoms with Crippen LogP contribution >= 0.6 is 12.2 Å². The molecule has 1 atom stereocenters. The molecule has 1 aromatic rings. The smallest absolute Gasteiger partial charge is 0.389 e. The summed E-state index contributed by atoms with van der Waals surface area (Å²) in [7, 11) is 0. The van der Waals surface area contributed by atoms with Gasteiger partial charge in [0.15, 0.2) is 5.11 Å². The predicted octanol–water partition coefficient (Wildman–Crippen LogP) is 5.47. The fraction of sp³-hybridized carbons (Fsp3) is 0.667. The Labute approximate surface area is 223 Å². The Morgan fingerprint density at radius 1 is 1.14 bits per heavy atom. The van der Waals surface area contributed by atoms with E-state index in [1.54, 1.807) is 24.8 Å². The fourth-order valence-electron chi connectivity index (χ4n) is 5.45. The highest BCUT2D eigenvalue weighted by Gasteiger charge is 2.49. The molecule has 2 heterocycles. The molecule has 3 rings (SSSR count). The van der Waals surface area contributed by atoms with Crippen molar-refractivity contribution in [3.05, 3.63) is 29.3 Å². The van der Waals surface area contributed by atoms with Gasteiger partial charge in [-0.25, -0.2) is 0 Å². The Bertz CT molecular complexity index is 1050. The Kier molecular flexibility index (Phi) is 8.93. The number of aliphatic hydroxyl groups is 1. The van der Waals surface area contributed by atoms with Gasteiger partial charge in [0.1, 0.15) is 5.54 Å². The first-order valence-corrected chi connectivity index (χ1v) is 13.3. The third kappa shape index (κ3) is 6.44. The van der Waals surface area contributed by atoms with Crippen LogP contribution in [0.2, 0.25) is 0 Å². The number of amides is 1. The van der Waals surface area contributed by atoms with Gasteiger partial charge in [-0.2, -0.15) is 18.4 Å². The summed E-state index contributed by atoms with van der Waals surface area (Å²) >= 11 is 5.55. The number of unbranched alkanes of at least 4 members (excludes halogenated alkanes) is 4. The van der Waals surface area contributed by atoms with E-state index in [4.69, 9.17) is 17.5 Å². The molecular formula is C27H37F3N4O2S. The zero-order chi connectivity index (χ0) is 27.6. The van der Waals surface area contributed by atoms with Crippen LogP contribution in [0, 0.1) is 11.3 Å². The second-order valence-corrected chi connectivity index (χ2v) is 11.5. The number of likely N-dealkylation sites (tertiary alicyclic amines) is 1. The lowest BCUT2D eigenvalue weighted by Crippen LogP contribution is -2.45. The van der Waals surface area contributed by atoms with E-state index < -0.39 is 28.4 Å². The van der Waals surface area contributed by atoms with Crippen LogP contribution in [0.25, 0.3) is 0 Å². The number of nitrogens with zero attached hydrogens (tertiary/aromatic N) is 4. The largest absolute Gasteiger partial charge is 0.417 e. The zero-order valence-corrected chi connectivity index (χ0v) is 22.9. The van der Waals surface area contributed by atoms with E-state index in [1.807, 2.05) is 13.8 Å².